The number of rotatable bonds is 0. The smallest absolute Gasteiger partial charge is 0.0507 e. The molecule has 0 aromatic heterocycles. The van der Waals surface area contributed by atoms with Crippen molar-refractivity contribution < 1.29 is 0 Å². The minimum Gasteiger partial charge on any atom is -0.289 e. The lowest BCUT2D eigenvalue weighted by molar-refractivity contribution is 0.281. The molecule has 2 atom stereocenters. The van der Waals surface area contributed by atoms with Crippen LogP contribution in [-0.4, -0.2) is 42.6 Å². The molecule has 2 nitrogen and oxygen atoms in total. The van der Waals surface area contributed by atoms with Gasteiger partial charge in [0.1, 0.15) is 0 Å². The predicted molar refractivity (Wildman–Crippen MR) is 37.2 cm³/mol. The minimum absolute atomic E-state index is 1.25. The highest BCUT2D eigenvalue weighted by Gasteiger charge is 2.21. The molecule has 0 N–H and O–H groups in total. The molecule has 2 aliphatic rings. The second kappa shape index (κ2) is 2.27. The van der Waals surface area contributed by atoms with Crippen LogP contribution in [0.1, 0.15) is 12.8 Å². The van der Waals surface area contributed by atoms with Crippen LogP contribution in [0.25, 0.3) is 0 Å². The maximum atomic E-state index is 2.55. The van der Waals surface area contributed by atoms with Gasteiger partial charge in [0, 0.05) is 13.1 Å². The number of hydrogen-bond donors (Lipinski definition) is 0. The molecular formula is C7H14N2. The van der Waals surface area contributed by atoms with Crippen LogP contribution < -0.4 is 0 Å². The van der Waals surface area contributed by atoms with E-state index in [0.717, 1.165) is 0 Å². The van der Waals surface area contributed by atoms with Gasteiger partial charge in [-0.25, -0.2) is 0 Å². The van der Waals surface area contributed by atoms with Gasteiger partial charge in [-0.05, 0) is 25.9 Å². The summed E-state index contributed by atoms with van der Waals surface area (Å²) in [7, 11) is 0. The Morgan fingerprint density at radius 1 is 0.667 bits per heavy atom. The summed E-state index contributed by atoms with van der Waals surface area (Å²) >= 11 is 0. The zero-order valence-corrected chi connectivity index (χ0v) is 5.84. The zero-order valence-electron chi connectivity index (χ0n) is 5.84. The average molecular weight is 126 g/mol. The lowest BCUT2D eigenvalue weighted by atomic mass is 10.3. The normalized spacial score (nSPS) is 42.7. The van der Waals surface area contributed by atoms with Crippen molar-refractivity contribution in [2.45, 2.75) is 12.8 Å². The fourth-order valence-electron chi connectivity index (χ4n) is 1.74. The summed E-state index contributed by atoms with van der Waals surface area (Å²) in [4.78, 5) is 5.10. The highest BCUT2D eigenvalue weighted by molar-refractivity contribution is 4.74. The van der Waals surface area contributed by atoms with Gasteiger partial charge in [0.25, 0.3) is 0 Å². The first-order valence-corrected chi connectivity index (χ1v) is 3.90. The van der Waals surface area contributed by atoms with Gasteiger partial charge in [0.05, 0.1) is 6.67 Å². The molecule has 2 heterocycles. The van der Waals surface area contributed by atoms with Gasteiger partial charge in [0.2, 0.25) is 0 Å². The summed E-state index contributed by atoms with van der Waals surface area (Å²) in [6.45, 7) is 6.58. The Balaban J connectivity index is 1.99. The molecule has 0 aliphatic carbocycles. The molecule has 2 rings (SSSR count). The van der Waals surface area contributed by atoms with Crippen molar-refractivity contribution in [2.75, 3.05) is 32.8 Å². The zero-order chi connectivity index (χ0) is 6.10. The topological polar surface area (TPSA) is 6.48 Å². The number of hydrogen-bond acceptors (Lipinski definition) is 2. The standard InChI is InChI=1S/C7H14N2/c1-2-4-9-6-5-8(3-1)7-9/h1-7H2. The SMILES string of the molecule is C1CCN2CCN(C1)C2. The van der Waals surface area contributed by atoms with E-state index in [1.165, 1.54) is 45.7 Å². The molecule has 9 heavy (non-hydrogen) atoms. The van der Waals surface area contributed by atoms with Gasteiger partial charge in [-0.1, -0.05) is 0 Å². The highest BCUT2D eigenvalue weighted by Crippen LogP contribution is 2.11. The van der Waals surface area contributed by atoms with E-state index in [-0.39, 0.29) is 0 Å². The molecule has 52 valence electrons. The third-order valence-electron chi connectivity index (χ3n) is 2.33. The Labute approximate surface area is 56.4 Å². The molecule has 0 radical (unpaired) electrons. The molecule has 2 fully saturated rings. The van der Waals surface area contributed by atoms with Crippen LogP contribution in [0.15, 0.2) is 0 Å². The van der Waals surface area contributed by atoms with E-state index < -0.39 is 0 Å². The van der Waals surface area contributed by atoms with Gasteiger partial charge < -0.3 is 0 Å². The summed E-state index contributed by atoms with van der Waals surface area (Å²) in [5.74, 6) is 0. The Hall–Kier alpha value is -0.0800. The molecule has 0 amide bonds. The van der Waals surface area contributed by atoms with E-state index in [4.69, 9.17) is 0 Å². The van der Waals surface area contributed by atoms with Crippen LogP contribution in [0.3, 0.4) is 0 Å². The third-order valence-corrected chi connectivity index (χ3v) is 2.33. The van der Waals surface area contributed by atoms with Gasteiger partial charge >= 0.3 is 0 Å². The fourth-order valence-corrected chi connectivity index (χ4v) is 1.74. The van der Waals surface area contributed by atoms with Gasteiger partial charge in [-0.2, -0.15) is 0 Å². The van der Waals surface area contributed by atoms with Crippen molar-refractivity contribution in [3.05, 3.63) is 0 Å². The van der Waals surface area contributed by atoms with Crippen molar-refractivity contribution in [1.82, 2.24) is 9.80 Å². The first-order valence-electron chi connectivity index (χ1n) is 3.90. The second-order valence-corrected chi connectivity index (χ2v) is 3.08. The lowest BCUT2D eigenvalue weighted by Gasteiger charge is -2.10. The molecule has 0 saturated carbocycles. The molecule has 2 bridgehead atoms. The molecular weight excluding hydrogens is 112 g/mol. The monoisotopic (exact) mass is 126 g/mol. The fraction of sp³-hybridized carbons (Fsp3) is 1.00. The maximum Gasteiger partial charge on any atom is 0.0507 e. The molecule has 2 unspecified atom stereocenters. The van der Waals surface area contributed by atoms with Crippen molar-refractivity contribution in [2.24, 2.45) is 0 Å². The van der Waals surface area contributed by atoms with Crippen molar-refractivity contribution in [1.29, 1.82) is 0 Å². The largest absolute Gasteiger partial charge is 0.289 e. The van der Waals surface area contributed by atoms with E-state index in [1.54, 1.807) is 0 Å². The van der Waals surface area contributed by atoms with Crippen LogP contribution >= 0.6 is 0 Å². The summed E-state index contributed by atoms with van der Waals surface area (Å²) in [6.07, 6.45) is 2.83. The Morgan fingerprint density at radius 2 is 1.22 bits per heavy atom. The van der Waals surface area contributed by atoms with Crippen molar-refractivity contribution in [3.8, 4) is 0 Å². The Bertz CT molecular complexity index is 91.1. The van der Waals surface area contributed by atoms with Gasteiger partial charge in [0.15, 0.2) is 0 Å². The van der Waals surface area contributed by atoms with Crippen LogP contribution in [0.2, 0.25) is 0 Å². The second-order valence-electron chi connectivity index (χ2n) is 3.08. The van der Waals surface area contributed by atoms with E-state index in [0.29, 0.717) is 0 Å². The molecule has 0 aromatic rings. The van der Waals surface area contributed by atoms with Crippen LogP contribution in [0.5, 0.6) is 0 Å². The molecule has 2 aliphatic heterocycles. The molecule has 2 saturated heterocycles. The average Bonchev–Trinajstić information content (AvgIpc) is 2.09. The summed E-state index contributed by atoms with van der Waals surface area (Å²) in [5.41, 5.74) is 0. The van der Waals surface area contributed by atoms with Crippen LogP contribution in [0, 0.1) is 0 Å². The maximum absolute atomic E-state index is 2.55. The Morgan fingerprint density at radius 3 is 1.78 bits per heavy atom. The van der Waals surface area contributed by atoms with Gasteiger partial charge in [-0.3, -0.25) is 9.80 Å². The van der Waals surface area contributed by atoms with Crippen molar-refractivity contribution >= 4 is 0 Å². The van der Waals surface area contributed by atoms with E-state index in [1.807, 2.05) is 0 Å². The quantitative estimate of drug-likeness (QED) is 0.462. The number of nitrogens with zero attached hydrogens (tertiary/aromatic N) is 2. The molecule has 0 spiro atoms. The predicted octanol–water partition coefficient (Wildman–Crippen LogP) is 0.355. The van der Waals surface area contributed by atoms with E-state index in [9.17, 15) is 0 Å². The first-order chi connectivity index (χ1) is 4.45. The van der Waals surface area contributed by atoms with Crippen molar-refractivity contribution in [3.63, 3.8) is 0 Å². The van der Waals surface area contributed by atoms with Crippen LogP contribution in [0.4, 0.5) is 0 Å². The Kier molecular flexibility index (Phi) is 1.44. The van der Waals surface area contributed by atoms with E-state index >= 15 is 0 Å². The first kappa shape index (κ1) is 5.69. The summed E-state index contributed by atoms with van der Waals surface area (Å²) in [6, 6.07) is 0. The third kappa shape index (κ3) is 1.10. The highest BCUT2D eigenvalue weighted by atomic mass is 15.4. The molecule has 0 aromatic carbocycles. The molecule has 2 heteroatoms. The van der Waals surface area contributed by atoms with Crippen LogP contribution in [-0.2, 0) is 0 Å². The lowest BCUT2D eigenvalue weighted by Crippen LogP contribution is -2.22. The minimum atomic E-state index is 1.25. The summed E-state index contributed by atoms with van der Waals surface area (Å²) in [5, 5.41) is 0. The van der Waals surface area contributed by atoms with E-state index in [2.05, 4.69) is 9.80 Å². The number of fused-ring (bicyclic) bond motifs is 2. The summed E-state index contributed by atoms with van der Waals surface area (Å²) < 4.78 is 0. The van der Waals surface area contributed by atoms with Gasteiger partial charge in [-0.15, -0.1) is 0 Å².